The largest absolute Gasteiger partial charge is 0.459 e. The number of carbonyl (C=O) groups excluding carboxylic acids is 4. The number of nitrogens with zero attached hydrogens (tertiary/aromatic N) is 4. The van der Waals surface area contributed by atoms with E-state index in [1.165, 1.54) is 0 Å². The highest BCUT2D eigenvalue weighted by molar-refractivity contribution is 5.78. The van der Waals surface area contributed by atoms with Crippen molar-refractivity contribution in [1.82, 2.24) is 19.6 Å². The number of hydrogen-bond donors (Lipinski definition) is 0. The Morgan fingerprint density at radius 3 is 1.40 bits per heavy atom. The summed E-state index contributed by atoms with van der Waals surface area (Å²) in [5.41, 5.74) is -2.77. The molecule has 0 bridgehead atoms. The van der Waals surface area contributed by atoms with Gasteiger partial charge in [-0.1, -0.05) is 12.5 Å². The number of carbonyl (C=O) groups is 4. The molecule has 3 amide bonds. The first kappa shape index (κ1) is 43.0. The van der Waals surface area contributed by atoms with Crippen molar-refractivity contribution >= 4 is 24.2 Å². The Morgan fingerprint density at radius 1 is 0.604 bits per heavy atom. The van der Waals surface area contributed by atoms with E-state index in [0.29, 0.717) is 32.5 Å². The van der Waals surface area contributed by atoms with Crippen molar-refractivity contribution in [2.24, 2.45) is 0 Å². The molecule has 48 heavy (non-hydrogen) atoms. The van der Waals surface area contributed by atoms with E-state index in [4.69, 9.17) is 18.9 Å². The maximum Gasteiger partial charge on any atom is 0.410 e. The van der Waals surface area contributed by atoms with Gasteiger partial charge in [0.15, 0.2) is 0 Å². The normalized spacial score (nSPS) is 15.2. The van der Waals surface area contributed by atoms with Crippen LogP contribution in [0.3, 0.4) is 0 Å². The van der Waals surface area contributed by atoms with Crippen LogP contribution in [0.4, 0.5) is 14.4 Å². The molecule has 0 aromatic carbocycles. The van der Waals surface area contributed by atoms with Gasteiger partial charge < -0.3 is 33.6 Å². The molecule has 1 heterocycles. The quantitative estimate of drug-likeness (QED) is 0.110. The van der Waals surface area contributed by atoms with Crippen LogP contribution in [0.25, 0.3) is 0 Å². The van der Waals surface area contributed by atoms with Crippen LogP contribution in [0.2, 0.25) is 0 Å². The van der Waals surface area contributed by atoms with Gasteiger partial charge in [-0.05, 0) is 122 Å². The first-order valence-corrected chi connectivity index (χ1v) is 17.4. The molecule has 12 heteroatoms. The molecule has 0 aromatic heterocycles. The summed E-state index contributed by atoms with van der Waals surface area (Å²) in [5, 5.41) is 0. The number of likely N-dealkylation sites (tertiary alicyclic amines) is 1. The lowest BCUT2D eigenvalue weighted by Crippen LogP contribution is -2.54. The van der Waals surface area contributed by atoms with E-state index in [-0.39, 0.29) is 25.6 Å². The van der Waals surface area contributed by atoms with E-state index in [0.717, 1.165) is 32.4 Å². The summed E-state index contributed by atoms with van der Waals surface area (Å²) in [7, 11) is 0. The standard InChI is InChI=1S/C36H66N4O8/c1-14-20-38(30(42)46-34(5,6)7)23-18-24-39(31(43)47-35(8,9)10)25-19-26-40(32(44)48-36(11,12)13)27-28(29(41)45-33(2,3)4)37-21-16-15-17-22-37/h14,28H,1,15-27H2,2-13H3. The molecule has 0 saturated carbocycles. The van der Waals surface area contributed by atoms with Crippen molar-refractivity contribution in [1.29, 1.82) is 0 Å². The number of hydrogen-bond acceptors (Lipinski definition) is 9. The Labute approximate surface area is 290 Å². The van der Waals surface area contributed by atoms with Crippen LogP contribution in [0.5, 0.6) is 0 Å². The summed E-state index contributed by atoms with van der Waals surface area (Å²) in [4.78, 5) is 59.9. The van der Waals surface area contributed by atoms with Crippen LogP contribution in [0.15, 0.2) is 12.7 Å². The van der Waals surface area contributed by atoms with Gasteiger partial charge in [0.05, 0.1) is 6.54 Å². The molecule has 1 fully saturated rings. The van der Waals surface area contributed by atoms with Crippen LogP contribution < -0.4 is 0 Å². The van der Waals surface area contributed by atoms with Crippen LogP contribution >= 0.6 is 0 Å². The van der Waals surface area contributed by atoms with Crippen molar-refractivity contribution in [2.45, 2.75) is 144 Å². The Kier molecular flexibility index (Phi) is 16.7. The van der Waals surface area contributed by atoms with Gasteiger partial charge in [0.25, 0.3) is 0 Å². The zero-order valence-electron chi connectivity index (χ0n) is 32.1. The number of amides is 3. The molecule has 0 radical (unpaired) electrons. The van der Waals surface area contributed by atoms with Gasteiger partial charge >= 0.3 is 24.2 Å². The molecular formula is C36H66N4O8. The van der Waals surface area contributed by atoms with Crippen molar-refractivity contribution in [3.8, 4) is 0 Å². The topological polar surface area (TPSA) is 118 Å². The predicted molar refractivity (Wildman–Crippen MR) is 188 cm³/mol. The molecule has 1 aliphatic rings. The van der Waals surface area contributed by atoms with E-state index in [9.17, 15) is 19.2 Å². The first-order chi connectivity index (χ1) is 21.9. The number of ether oxygens (including phenoxy) is 4. The summed E-state index contributed by atoms with van der Waals surface area (Å²) in [6.45, 7) is 28.6. The molecule has 1 unspecified atom stereocenters. The van der Waals surface area contributed by atoms with Gasteiger partial charge in [-0.3, -0.25) is 9.69 Å². The average Bonchev–Trinajstić information content (AvgIpc) is 2.89. The third kappa shape index (κ3) is 18.5. The molecule has 1 rings (SSSR count). The molecule has 278 valence electrons. The summed E-state index contributed by atoms with van der Waals surface area (Å²) < 4.78 is 22.8. The molecule has 0 aromatic rings. The van der Waals surface area contributed by atoms with Gasteiger partial charge in [-0.25, -0.2) is 14.4 Å². The minimum Gasteiger partial charge on any atom is -0.459 e. The highest BCUT2D eigenvalue weighted by Crippen LogP contribution is 2.20. The van der Waals surface area contributed by atoms with Crippen molar-refractivity contribution < 1.29 is 38.1 Å². The van der Waals surface area contributed by atoms with Crippen LogP contribution in [-0.2, 0) is 23.7 Å². The lowest BCUT2D eigenvalue weighted by molar-refractivity contribution is -0.162. The number of esters is 1. The van der Waals surface area contributed by atoms with E-state index in [2.05, 4.69) is 11.5 Å². The highest BCUT2D eigenvalue weighted by atomic mass is 16.6. The maximum atomic E-state index is 13.5. The van der Waals surface area contributed by atoms with Crippen LogP contribution in [0, 0.1) is 0 Å². The zero-order chi connectivity index (χ0) is 36.9. The molecule has 1 aliphatic heterocycles. The molecule has 12 nitrogen and oxygen atoms in total. The van der Waals surface area contributed by atoms with E-state index < -0.39 is 46.7 Å². The van der Waals surface area contributed by atoms with Crippen molar-refractivity contribution in [3.63, 3.8) is 0 Å². The van der Waals surface area contributed by atoms with Gasteiger partial charge in [-0.2, -0.15) is 0 Å². The SMILES string of the molecule is C=CCN(CCCN(CCCN(CC(C(=O)OC(C)(C)C)N1CCCCC1)C(=O)OC(C)(C)C)C(=O)OC(C)(C)C)C(=O)OC(C)(C)C. The minimum atomic E-state index is -0.740. The lowest BCUT2D eigenvalue weighted by atomic mass is 10.1. The summed E-state index contributed by atoms with van der Waals surface area (Å²) >= 11 is 0. The summed E-state index contributed by atoms with van der Waals surface area (Å²) in [5.74, 6) is -0.373. The molecular weight excluding hydrogens is 616 g/mol. The molecule has 1 saturated heterocycles. The average molecular weight is 683 g/mol. The predicted octanol–water partition coefficient (Wildman–Crippen LogP) is 6.86. The maximum absolute atomic E-state index is 13.5. The third-order valence-electron chi connectivity index (χ3n) is 6.92. The van der Waals surface area contributed by atoms with E-state index >= 15 is 0 Å². The molecule has 0 aliphatic carbocycles. The number of piperidine rings is 1. The Bertz CT molecular complexity index is 1050. The zero-order valence-corrected chi connectivity index (χ0v) is 32.1. The van der Waals surface area contributed by atoms with Crippen molar-refractivity contribution in [2.75, 3.05) is 52.4 Å². The fourth-order valence-electron chi connectivity index (χ4n) is 5.00. The lowest BCUT2D eigenvalue weighted by Gasteiger charge is -2.38. The van der Waals surface area contributed by atoms with Gasteiger partial charge in [0.1, 0.15) is 28.4 Å². The van der Waals surface area contributed by atoms with Gasteiger partial charge in [-0.15, -0.1) is 6.58 Å². The second-order valence-electron chi connectivity index (χ2n) is 16.5. The molecule has 0 spiro atoms. The molecule has 1 atom stereocenters. The fraction of sp³-hybridized carbons (Fsp3) is 0.833. The van der Waals surface area contributed by atoms with Crippen molar-refractivity contribution in [3.05, 3.63) is 12.7 Å². The van der Waals surface area contributed by atoms with Gasteiger partial charge in [0.2, 0.25) is 0 Å². The Hall–Kier alpha value is -3.02. The van der Waals surface area contributed by atoms with Gasteiger partial charge in [0, 0.05) is 32.7 Å². The van der Waals surface area contributed by atoms with Crippen LogP contribution in [-0.4, -0.2) is 125 Å². The summed E-state index contributed by atoms with van der Waals surface area (Å²) in [6, 6.07) is -0.650. The second kappa shape index (κ2) is 18.7. The smallest absolute Gasteiger partial charge is 0.410 e. The third-order valence-corrected chi connectivity index (χ3v) is 6.92. The fourth-order valence-corrected chi connectivity index (χ4v) is 5.00. The second-order valence-corrected chi connectivity index (χ2v) is 16.5. The van der Waals surface area contributed by atoms with Crippen LogP contribution in [0.1, 0.15) is 115 Å². The first-order valence-electron chi connectivity index (χ1n) is 17.4. The summed E-state index contributed by atoms with van der Waals surface area (Å²) in [6.07, 6.45) is 4.07. The number of rotatable bonds is 14. The minimum absolute atomic E-state index is 0.0999. The van der Waals surface area contributed by atoms with E-state index in [1.807, 2.05) is 41.5 Å². The monoisotopic (exact) mass is 682 g/mol. The Morgan fingerprint density at radius 2 is 0.979 bits per heavy atom. The van der Waals surface area contributed by atoms with E-state index in [1.54, 1.807) is 62.3 Å². The molecule has 0 N–H and O–H groups in total. The highest BCUT2D eigenvalue weighted by Gasteiger charge is 2.35. The Balaban J connectivity index is 3.17.